The molecule has 0 atom stereocenters. The molecule has 3 aromatic carbocycles. The van der Waals surface area contributed by atoms with E-state index in [9.17, 15) is 22.4 Å². The van der Waals surface area contributed by atoms with Gasteiger partial charge in [-0.1, -0.05) is 30.3 Å². The lowest BCUT2D eigenvalue weighted by molar-refractivity contribution is 0.0533. The van der Waals surface area contributed by atoms with Crippen LogP contribution in [0.2, 0.25) is 0 Å². The third-order valence-corrected chi connectivity index (χ3v) is 7.64. The smallest absolute Gasteiger partial charge is 0.264 e. The van der Waals surface area contributed by atoms with Crippen molar-refractivity contribution < 1.29 is 22.4 Å². The highest BCUT2D eigenvalue weighted by atomic mass is 32.2. The molecule has 1 aliphatic rings. The Kier molecular flexibility index (Phi) is 6.58. The normalized spacial score (nSPS) is 14.0. The molecule has 1 fully saturated rings. The number of nitrogens with zero attached hydrogens (tertiary/aromatic N) is 3. The molecule has 1 N–H and O–H groups in total. The maximum Gasteiger partial charge on any atom is 0.264 e. The molecule has 8 nitrogen and oxygen atoms in total. The lowest BCUT2D eigenvalue weighted by Crippen LogP contribution is -2.50. The molecule has 0 aliphatic carbocycles. The maximum atomic E-state index is 14.0. The molecule has 0 unspecified atom stereocenters. The fourth-order valence-electron chi connectivity index (χ4n) is 4.28. The van der Waals surface area contributed by atoms with E-state index in [2.05, 4.69) is 9.71 Å². The summed E-state index contributed by atoms with van der Waals surface area (Å²) in [6, 6.07) is 20.5. The third-order valence-electron chi connectivity index (χ3n) is 6.23. The van der Waals surface area contributed by atoms with E-state index in [0.717, 1.165) is 0 Å². The number of halogens is 1. The van der Waals surface area contributed by atoms with E-state index in [1.54, 1.807) is 47.4 Å². The number of para-hydroxylation sites is 1. The van der Waals surface area contributed by atoms with E-state index < -0.39 is 21.7 Å². The van der Waals surface area contributed by atoms with Crippen molar-refractivity contribution in [1.29, 1.82) is 0 Å². The summed E-state index contributed by atoms with van der Waals surface area (Å²) in [5.74, 6) is -1.20. The van der Waals surface area contributed by atoms with Gasteiger partial charge in [-0.05, 0) is 48.5 Å². The van der Waals surface area contributed by atoms with Crippen LogP contribution in [-0.2, 0) is 10.0 Å². The summed E-state index contributed by atoms with van der Waals surface area (Å²) in [5.41, 5.74) is 1.09. The van der Waals surface area contributed by atoms with E-state index >= 15 is 0 Å². The van der Waals surface area contributed by atoms with Crippen LogP contribution in [0, 0.1) is 5.82 Å². The van der Waals surface area contributed by atoms with Gasteiger partial charge in [-0.3, -0.25) is 19.3 Å². The SMILES string of the molecule is O=C(c1ccc(NS(=O)(=O)c2cccc3cccnc23)cc1)N1CCN(C(=O)c2ccccc2F)CC1. The zero-order valence-corrected chi connectivity index (χ0v) is 20.5. The van der Waals surface area contributed by atoms with Crippen LogP contribution in [0.15, 0.2) is 90.0 Å². The predicted molar refractivity (Wildman–Crippen MR) is 137 cm³/mol. The highest BCUT2D eigenvalue weighted by Gasteiger charge is 2.27. The van der Waals surface area contributed by atoms with Crippen LogP contribution in [0.1, 0.15) is 20.7 Å². The van der Waals surface area contributed by atoms with Crippen molar-refractivity contribution in [2.45, 2.75) is 4.90 Å². The largest absolute Gasteiger partial charge is 0.335 e. The lowest BCUT2D eigenvalue weighted by atomic mass is 10.1. The summed E-state index contributed by atoms with van der Waals surface area (Å²) < 4.78 is 42.5. The number of pyridine rings is 1. The second kappa shape index (κ2) is 9.98. The first-order valence-corrected chi connectivity index (χ1v) is 13.1. The molecule has 2 amide bonds. The van der Waals surface area contributed by atoms with Gasteiger partial charge in [0.05, 0.1) is 11.1 Å². The molecule has 0 bridgehead atoms. The zero-order valence-electron chi connectivity index (χ0n) is 19.7. The second-order valence-corrected chi connectivity index (χ2v) is 10.2. The van der Waals surface area contributed by atoms with Gasteiger partial charge in [0.15, 0.2) is 0 Å². The van der Waals surface area contributed by atoms with E-state index in [1.165, 1.54) is 47.5 Å². The van der Waals surface area contributed by atoms with Crippen molar-refractivity contribution in [2.24, 2.45) is 0 Å². The molecule has 1 aromatic heterocycles. The number of amides is 2. The first-order chi connectivity index (χ1) is 17.8. The summed E-state index contributed by atoms with van der Waals surface area (Å²) in [6.07, 6.45) is 1.54. The van der Waals surface area contributed by atoms with Crippen molar-refractivity contribution in [3.05, 3.63) is 102 Å². The minimum absolute atomic E-state index is 0.0135. The number of carbonyl (C=O) groups excluding carboxylic acids is 2. The molecule has 37 heavy (non-hydrogen) atoms. The first-order valence-electron chi connectivity index (χ1n) is 11.6. The van der Waals surface area contributed by atoms with Gasteiger partial charge in [0.2, 0.25) is 0 Å². The predicted octanol–water partition coefficient (Wildman–Crippen LogP) is 3.77. The Hall–Kier alpha value is -4.31. The van der Waals surface area contributed by atoms with Crippen LogP contribution in [-0.4, -0.2) is 61.2 Å². The Morgan fingerprint density at radius 2 is 1.43 bits per heavy atom. The van der Waals surface area contributed by atoms with Crippen molar-refractivity contribution >= 4 is 38.4 Å². The number of rotatable bonds is 5. The van der Waals surface area contributed by atoms with Crippen LogP contribution in [0.4, 0.5) is 10.1 Å². The molecule has 1 saturated heterocycles. The van der Waals surface area contributed by atoms with Crippen LogP contribution >= 0.6 is 0 Å². The number of benzene rings is 3. The molecule has 0 saturated carbocycles. The number of anilines is 1. The van der Waals surface area contributed by atoms with Gasteiger partial charge >= 0.3 is 0 Å². The number of carbonyl (C=O) groups is 2. The fourth-order valence-corrected chi connectivity index (χ4v) is 5.52. The van der Waals surface area contributed by atoms with Crippen molar-refractivity contribution in [2.75, 3.05) is 30.9 Å². The highest BCUT2D eigenvalue weighted by molar-refractivity contribution is 7.93. The Labute approximate surface area is 213 Å². The molecular formula is C27H23FN4O4S. The third kappa shape index (κ3) is 5.01. The van der Waals surface area contributed by atoms with Gasteiger partial charge in [-0.15, -0.1) is 0 Å². The number of piperazine rings is 1. The van der Waals surface area contributed by atoms with Crippen molar-refractivity contribution in [3.63, 3.8) is 0 Å². The van der Waals surface area contributed by atoms with Gasteiger partial charge in [0, 0.05) is 49.0 Å². The van der Waals surface area contributed by atoms with Gasteiger partial charge < -0.3 is 9.80 Å². The van der Waals surface area contributed by atoms with Crippen molar-refractivity contribution in [1.82, 2.24) is 14.8 Å². The zero-order chi connectivity index (χ0) is 26.0. The highest BCUT2D eigenvalue weighted by Crippen LogP contribution is 2.24. The van der Waals surface area contributed by atoms with Crippen LogP contribution in [0.25, 0.3) is 10.9 Å². The summed E-state index contributed by atoms with van der Waals surface area (Å²) in [4.78, 5) is 33.0. The molecular weight excluding hydrogens is 495 g/mol. The van der Waals surface area contributed by atoms with Gasteiger partial charge in [0.1, 0.15) is 10.7 Å². The molecule has 2 heterocycles. The molecule has 188 valence electrons. The average Bonchev–Trinajstić information content (AvgIpc) is 2.92. The standard InChI is InChI=1S/C27H23FN4O4S/c28-23-8-2-1-7-22(23)27(34)32-17-15-31(16-18-32)26(33)20-10-12-21(13-11-20)30-37(35,36)24-9-3-5-19-6-4-14-29-25(19)24/h1-14,30H,15-18H2. The molecule has 0 spiro atoms. The quantitative estimate of drug-likeness (QED) is 0.434. The Bertz CT molecular complexity index is 1580. The minimum Gasteiger partial charge on any atom is -0.335 e. The summed E-state index contributed by atoms with van der Waals surface area (Å²) >= 11 is 0. The first kappa shape index (κ1) is 24.4. The summed E-state index contributed by atoms with van der Waals surface area (Å²) in [6.45, 7) is 1.19. The van der Waals surface area contributed by atoms with Crippen molar-refractivity contribution in [3.8, 4) is 0 Å². The van der Waals surface area contributed by atoms with Crippen LogP contribution < -0.4 is 4.72 Å². The second-order valence-electron chi connectivity index (χ2n) is 8.58. The van der Waals surface area contributed by atoms with Gasteiger partial charge in [-0.25, -0.2) is 12.8 Å². The van der Waals surface area contributed by atoms with Crippen LogP contribution in [0.5, 0.6) is 0 Å². The van der Waals surface area contributed by atoms with E-state index in [4.69, 9.17) is 0 Å². The molecule has 10 heteroatoms. The average molecular weight is 519 g/mol. The molecule has 1 aliphatic heterocycles. The number of hydrogen-bond donors (Lipinski definition) is 1. The van der Waals surface area contributed by atoms with E-state index in [-0.39, 0.29) is 29.5 Å². The Morgan fingerprint density at radius 3 is 2.14 bits per heavy atom. The van der Waals surface area contributed by atoms with Gasteiger partial charge in [0.25, 0.3) is 21.8 Å². The Balaban J connectivity index is 1.23. The monoisotopic (exact) mass is 518 g/mol. The van der Waals surface area contributed by atoms with Gasteiger partial charge in [-0.2, -0.15) is 0 Å². The minimum atomic E-state index is -3.91. The molecule has 5 rings (SSSR count). The summed E-state index contributed by atoms with van der Waals surface area (Å²) in [7, 11) is -3.91. The molecule has 0 radical (unpaired) electrons. The number of fused-ring (bicyclic) bond motifs is 1. The number of aromatic nitrogens is 1. The molecule has 4 aromatic rings. The lowest BCUT2D eigenvalue weighted by Gasteiger charge is -2.35. The number of sulfonamides is 1. The van der Waals surface area contributed by atoms with Crippen LogP contribution in [0.3, 0.4) is 0 Å². The van der Waals surface area contributed by atoms with E-state index in [0.29, 0.717) is 35.2 Å². The number of hydrogen-bond acceptors (Lipinski definition) is 5. The number of nitrogens with one attached hydrogen (secondary N) is 1. The summed E-state index contributed by atoms with van der Waals surface area (Å²) in [5, 5.41) is 0.710. The Morgan fingerprint density at radius 1 is 0.784 bits per heavy atom. The fraction of sp³-hybridized carbons (Fsp3) is 0.148. The van der Waals surface area contributed by atoms with E-state index in [1.807, 2.05) is 0 Å². The maximum absolute atomic E-state index is 14.0. The topological polar surface area (TPSA) is 99.7 Å².